The van der Waals surface area contributed by atoms with E-state index in [1.165, 1.54) is 25.1 Å². The molecule has 6 heteroatoms. The fourth-order valence-corrected chi connectivity index (χ4v) is 3.16. The van der Waals surface area contributed by atoms with Crippen molar-refractivity contribution >= 4 is 27.6 Å². The first kappa shape index (κ1) is 12.9. The average Bonchev–Trinajstić information content (AvgIpc) is 2.71. The van der Waals surface area contributed by atoms with Gasteiger partial charge in [0, 0.05) is 28.8 Å². The molecule has 0 amide bonds. The summed E-state index contributed by atoms with van der Waals surface area (Å²) in [4.78, 5) is 26.0. The lowest BCUT2D eigenvalue weighted by molar-refractivity contribution is -0.144. The Balaban J connectivity index is 2.23. The molecule has 0 bridgehead atoms. The van der Waals surface area contributed by atoms with Crippen molar-refractivity contribution < 1.29 is 18.3 Å². The molecule has 0 saturated heterocycles. The van der Waals surface area contributed by atoms with Crippen LogP contribution in [0.1, 0.15) is 24.2 Å². The molecule has 0 fully saturated rings. The molecule has 22 heavy (non-hydrogen) atoms. The van der Waals surface area contributed by atoms with Crippen molar-refractivity contribution in [3.8, 4) is 0 Å². The number of carbonyl (C=O) groups excluding carboxylic acids is 1. The Morgan fingerprint density at radius 1 is 1.09 bits per heavy atom. The monoisotopic (exact) mass is 301 g/mol. The van der Waals surface area contributed by atoms with Crippen LogP contribution in [0.2, 0.25) is 0 Å². The highest BCUT2D eigenvalue weighted by molar-refractivity contribution is 6.12. The number of pyridine rings is 1. The van der Waals surface area contributed by atoms with E-state index in [4.69, 9.17) is 4.74 Å². The Morgan fingerprint density at radius 3 is 2.41 bits per heavy atom. The van der Waals surface area contributed by atoms with Crippen LogP contribution in [0, 0.1) is 11.6 Å². The summed E-state index contributed by atoms with van der Waals surface area (Å²) >= 11 is 0. The molecule has 1 aliphatic rings. The number of ether oxygens (including phenoxy) is 1. The molecule has 2 aromatic carbocycles. The maximum atomic E-state index is 13.8. The minimum absolute atomic E-state index is 0.157. The minimum atomic E-state index is -0.918. The predicted octanol–water partition coefficient (Wildman–Crippen LogP) is 2.93. The molecule has 0 radical (unpaired) electrons. The highest BCUT2D eigenvalue weighted by atomic mass is 19.1. The van der Waals surface area contributed by atoms with Gasteiger partial charge in [0.15, 0.2) is 6.10 Å². The molecule has 1 unspecified atom stereocenters. The molecule has 1 aliphatic carbocycles. The van der Waals surface area contributed by atoms with Crippen molar-refractivity contribution in [1.29, 1.82) is 0 Å². The summed E-state index contributed by atoms with van der Waals surface area (Å²) in [6, 6.07) is 4.78. The number of esters is 1. The van der Waals surface area contributed by atoms with Gasteiger partial charge in [-0.2, -0.15) is 0 Å². The van der Waals surface area contributed by atoms with Gasteiger partial charge in [0.1, 0.15) is 11.6 Å². The average molecular weight is 301 g/mol. The smallest absolute Gasteiger partial charge is 0.303 e. The minimum Gasteiger partial charge on any atom is -0.453 e. The van der Waals surface area contributed by atoms with Crippen molar-refractivity contribution in [2.75, 3.05) is 0 Å². The summed E-state index contributed by atoms with van der Waals surface area (Å²) in [5.41, 5.74) is 0.562. The van der Waals surface area contributed by atoms with E-state index in [2.05, 4.69) is 4.98 Å². The predicted molar refractivity (Wildman–Crippen MR) is 75.6 cm³/mol. The largest absolute Gasteiger partial charge is 0.453 e. The van der Waals surface area contributed by atoms with Gasteiger partial charge in [-0.1, -0.05) is 0 Å². The molecular weight excluding hydrogens is 292 g/mol. The second-order valence-electron chi connectivity index (χ2n) is 5.28. The SMILES string of the molecule is CC(=O)OC1c2cc(F)cc3[nH]c(=O)c4cc(F)cc1c4c23. The fourth-order valence-electron chi connectivity index (χ4n) is 3.16. The molecule has 1 aromatic heterocycles. The van der Waals surface area contributed by atoms with Crippen molar-refractivity contribution in [3.63, 3.8) is 0 Å². The topological polar surface area (TPSA) is 59.2 Å². The van der Waals surface area contributed by atoms with Gasteiger partial charge < -0.3 is 9.72 Å². The molecule has 110 valence electrons. The first-order valence-corrected chi connectivity index (χ1v) is 6.61. The van der Waals surface area contributed by atoms with E-state index < -0.39 is 29.3 Å². The second kappa shape index (κ2) is 4.13. The number of carbonyl (C=O) groups is 1. The Labute approximate surface area is 122 Å². The normalized spacial score (nSPS) is 15.9. The van der Waals surface area contributed by atoms with Crippen LogP contribution in [0.25, 0.3) is 21.7 Å². The van der Waals surface area contributed by atoms with E-state index >= 15 is 0 Å². The van der Waals surface area contributed by atoms with Gasteiger partial charge in [-0.25, -0.2) is 8.78 Å². The maximum absolute atomic E-state index is 13.8. The zero-order valence-electron chi connectivity index (χ0n) is 11.4. The third kappa shape index (κ3) is 1.60. The number of H-pyrrole nitrogens is 1. The van der Waals surface area contributed by atoms with Gasteiger partial charge in [-0.15, -0.1) is 0 Å². The fraction of sp³-hybridized carbons (Fsp3) is 0.125. The third-order valence-corrected chi connectivity index (χ3v) is 3.86. The summed E-state index contributed by atoms with van der Waals surface area (Å²) in [6.45, 7) is 1.22. The number of halogens is 2. The van der Waals surface area contributed by atoms with Crippen molar-refractivity contribution in [2.45, 2.75) is 13.0 Å². The van der Waals surface area contributed by atoms with Crippen molar-refractivity contribution in [2.24, 2.45) is 0 Å². The summed E-state index contributed by atoms with van der Waals surface area (Å²) in [7, 11) is 0. The Hall–Kier alpha value is -2.76. The molecule has 0 spiro atoms. The summed E-state index contributed by atoms with van der Waals surface area (Å²) < 4.78 is 32.9. The lowest BCUT2D eigenvalue weighted by atomic mass is 10.1. The molecule has 1 N–H and O–H groups in total. The maximum Gasteiger partial charge on any atom is 0.303 e. The molecule has 4 rings (SSSR count). The van der Waals surface area contributed by atoms with Gasteiger partial charge in [-0.3, -0.25) is 9.59 Å². The highest BCUT2D eigenvalue weighted by Crippen LogP contribution is 2.45. The molecule has 3 aromatic rings. The number of rotatable bonds is 1. The number of aromatic amines is 1. The van der Waals surface area contributed by atoms with Gasteiger partial charge in [0.2, 0.25) is 0 Å². The Kier molecular flexibility index (Phi) is 2.43. The molecule has 1 heterocycles. The van der Waals surface area contributed by atoms with Crippen LogP contribution < -0.4 is 5.56 Å². The van der Waals surface area contributed by atoms with E-state index in [-0.39, 0.29) is 5.39 Å². The van der Waals surface area contributed by atoms with Crippen LogP contribution >= 0.6 is 0 Å². The van der Waals surface area contributed by atoms with Crippen molar-refractivity contribution in [3.05, 3.63) is 57.4 Å². The molecule has 1 atom stereocenters. The van der Waals surface area contributed by atoms with Crippen LogP contribution in [0.5, 0.6) is 0 Å². The van der Waals surface area contributed by atoms with Crippen LogP contribution in [0.15, 0.2) is 29.1 Å². The Morgan fingerprint density at radius 2 is 1.73 bits per heavy atom. The van der Waals surface area contributed by atoms with Gasteiger partial charge in [0.05, 0.1) is 10.9 Å². The number of hydrogen-bond donors (Lipinski definition) is 1. The zero-order valence-corrected chi connectivity index (χ0v) is 11.4. The lowest BCUT2D eigenvalue weighted by Gasteiger charge is -2.14. The summed E-state index contributed by atoms with van der Waals surface area (Å²) in [5.74, 6) is -1.75. The highest BCUT2D eigenvalue weighted by Gasteiger charge is 2.32. The second-order valence-corrected chi connectivity index (χ2v) is 5.28. The van der Waals surface area contributed by atoms with E-state index in [0.29, 0.717) is 27.4 Å². The van der Waals surface area contributed by atoms with Crippen molar-refractivity contribution in [1.82, 2.24) is 4.98 Å². The number of benzene rings is 2. The standard InChI is InChI=1S/C16H9F2NO3/c1-6(20)22-15-9-2-7(17)4-11-13(9)14-10(15)3-8(18)5-12(14)19-16(11)21/h2-5,15H,1H3,(H,19,21). The van der Waals surface area contributed by atoms with E-state index in [0.717, 1.165) is 6.07 Å². The van der Waals surface area contributed by atoms with Crippen LogP contribution in [0.4, 0.5) is 8.78 Å². The van der Waals surface area contributed by atoms with Gasteiger partial charge >= 0.3 is 5.97 Å². The van der Waals surface area contributed by atoms with Crippen LogP contribution in [0.3, 0.4) is 0 Å². The van der Waals surface area contributed by atoms with E-state index in [1.807, 2.05) is 0 Å². The molecular formula is C16H9F2NO3. The van der Waals surface area contributed by atoms with Gasteiger partial charge in [0.25, 0.3) is 5.56 Å². The van der Waals surface area contributed by atoms with E-state index in [9.17, 15) is 18.4 Å². The third-order valence-electron chi connectivity index (χ3n) is 3.86. The van der Waals surface area contributed by atoms with Crippen LogP contribution in [-0.4, -0.2) is 11.0 Å². The molecule has 0 saturated carbocycles. The zero-order chi connectivity index (χ0) is 15.6. The summed E-state index contributed by atoms with van der Waals surface area (Å²) in [6.07, 6.45) is -0.918. The first-order chi connectivity index (χ1) is 10.5. The number of hydrogen-bond acceptors (Lipinski definition) is 3. The quantitative estimate of drug-likeness (QED) is 0.555. The van der Waals surface area contributed by atoms with Crippen LogP contribution in [-0.2, 0) is 9.53 Å². The van der Waals surface area contributed by atoms with E-state index in [1.54, 1.807) is 0 Å². The lowest BCUT2D eigenvalue weighted by Crippen LogP contribution is -2.08. The molecule has 4 nitrogen and oxygen atoms in total. The summed E-state index contributed by atoms with van der Waals surface area (Å²) in [5, 5.41) is 1.24. The number of nitrogens with one attached hydrogen (secondary N) is 1. The first-order valence-electron chi connectivity index (χ1n) is 6.61. The Bertz CT molecular complexity index is 1040. The molecule has 0 aliphatic heterocycles. The van der Waals surface area contributed by atoms with Gasteiger partial charge in [-0.05, 0) is 24.3 Å². The number of aromatic nitrogens is 1.